The Morgan fingerprint density at radius 3 is 2.54 bits per heavy atom. The largest absolute Gasteiger partial charge is 0.444 e. The molecule has 0 aromatic carbocycles. The molecule has 0 aliphatic carbocycles. The molecule has 1 atom stereocenters. The molecule has 0 N–H and O–H groups in total. The molecule has 0 aliphatic rings. The van der Waals surface area contributed by atoms with E-state index in [0.29, 0.717) is 5.69 Å². The summed E-state index contributed by atoms with van der Waals surface area (Å²) in [6.45, 7) is 7.04. The van der Waals surface area contributed by atoms with Crippen LogP contribution in [0, 0.1) is 5.82 Å². The number of carbonyl (C=O) groups excluding carboxylic acids is 1. The lowest BCUT2D eigenvalue weighted by Crippen LogP contribution is -2.36. The van der Waals surface area contributed by atoms with Gasteiger partial charge in [-0.1, -0.05) is 23.2 Å². The summed E-state index contributed by atoms with van der Waals surface area (Å²) in [6, 6.07) is -0.559. The Kier molecular flexibility index (Phi) is 5.77. The smallest absolute Gasteiger partial charge is 0.410 e. The number of amides is 1. The summed E-state index contributed by atoms with van der Waals surface area (Å²) in [7, 11) is 3.15. The van der Waals surface area contributed by atoms with E-state index < -0.39 is 23.6 Å². The van der Waals surface area contributed by atoms with Crippen molar-refractivity contribution in [2.45, 2.75) is 39.3 Å². The lowest BCUT2D eigenvalue weighted by atomic mass is 10.1. The van der Waals surface area contributed by atoms with E-state index in [1.807, 2.05) is 0 Å². The molecule has 2 heterocycles. The number of halogens is 3. The van der Waals surface area contributed by atoms with Crippen molar-refractivity contribution in [1.29, 1.82) is 0 Å². The minimum atomic E-state index is -0.798. The fraction of sp³-hybridized carbons (Fsp3) is 0.500. The highest BCUT2D eigenvalue weighted by Crippen LogP contribution is 2.36. The Morgan fingerprint density at radius 2 is 1.96 bits per heavy atom. The van der Waals surface area contributed by atoms with Gasteiger partial charge >= 0.3 is 6.09 Å². The summed E-state index contributed by atoms with van der Waals surface area (Å²) in [4.78, 5) is 18.6. The third-order valence-electron chi connectivity index (χ3n) is 3.57. The molecule has 0 saturated heterocycles. The predicted octanol–water partition coefficient (Wildman–Crippen LogP) is 4.25. The molecule has 0 spiro atoms. The molecule has 26 heavy (non-hydrogen) atoms. The van der Waals surface area contributed by atoms with Gasteiger partial charge in [-0.3, -0.25) is 0 Å². The first-order valence-electron chi connectivity index (χ1n) is 7.79. The molecule has 2 rings (SSSR count). The van der Waals surface area contributed by atoms with E-state index in [1.165, 1.54) is 15.9 Å². The van der Waals surface area contributed by atoms with Crippen molar-refractivity contribution in [1.82, 2.24) is 24.9 Å². The van der Waals surface area contributed by atoms with Crippen molar-refractivity contribution in [3.05, 3.63) is 27.9 Å². The van der Waals surface area contributed by atoms with E-state index in [0.717, 1.165) is 0 Å². The highest BCUT2D eigenvalue weighted by Gasteiger charge is 2.30. The van der Waals surface area contributed by atoms with E-state index in [9.17, 15) is 9.18 Å². The van der Waals surface area contributed by atoms with Crippen molar-refractivity contribution in [2.75, 3.05) is 7.05 Å². The molecule has 0 radical (unpaired) electrons. The summed E-state index contributed by atoms with van der Waals surface area (Å²) in [5.41, 5.74) is -0.130. The second-order valence-electron chi connectivity index (χ2n) is 6.78. The number of nitrogens with zero attached hydrogens (tertiary/aromatic N) is 5. The first-order chi connectivity index (χ1) is 11.9. The second-order valence-corrected chi connectivity index (χ2v) is 7.54. The Bertz CT molecular complexity index is 835. The van der Waals surface area contributed by atoms with Gasteiger partial charge in [-0.2, -0.15) is 15.0 Å². The molecule has 0 fully saturated rings. The van der Waals surface area contributed by atoms with Gasteiger partial charge in [0, 0.05) is 20.3 Å². The SMILES string of the molecule is CC(c1nn(C)nc1-c1c(Cl)cnc(Cl)c1F)N(C)C(=O)OC(C)(C)C. The molecule has 0 aliphatic heterocycles. The third-order valence-corrected chi connectivity index (χ3v) is 4.12. The van der Waals surface area contributed by atoms with E-state index in [4.69, 9.17) is 27.9 Å². The van der Waals surface area contributed by atoms with Gasteiger partial charge in [0.2, 0.25) is 0 Å². The van der Waals surface area contributed by atoms with Crippen molar-refractivity contribution in [3.63, 3.8) is 0 Å². The Balaban J connectivity index is 2.47. The van der Waals surface area contributed by atoms with E-state index in [2.05, 4.69) is 15.2 Å². The molecule has 0 bridgehead atoms. The first kappa shape index (κ1) is 20.4. The Labute approximate surface area is 161 Å². The van der Waals surface area contributed by atoms with Crippen LogP contribution in [0.25, 0.3) is 11.3 Å². The fourth-order valence-electron chi connectivity index (χ4n) is 2.22. The number of carbonyl (C=O) groups is 1. The van der Waals surface area contributed by atoms with Crippen LogP contribution in [0.4, 0.5) is 9.18 Å². The predicted molar refractivity (Wildman–Crippen MR) is 96.6 cm³/mol. The lowest BCUT2D eigenvalue weighted by Gasteiger charge is -2.28. The molecule has 7 nitrogen and oxygen atoms in total. The normalized spacial score (nSPS) is 12.8. The van der Waals surface area contributed by atoms with Crippen LogP contribution in [0.3, 0.4) is 0 Å². The lowest BCUT2D eigenvalue weighted by molar-refractivity contribution is 0.0230. The molecular weight excluding hydrogens is 384 g/mol. The molecular formula is C16H20Cl2FN5O2. The number of pyridine rings is 1. The summed E-state index contributed by atoms with van der Waals surface area (Å²) < 4.78 is 19.9. The Hall–Kier alpha value is -1.93. The molecule has 10 heteroatoms. The number of ether oxygens (including phenoxy) is 1. The average Bonchev–Trinajstić information content (AvgIpc) is 2.89. The van der Waals surface area contributed by atoms with Crippen molar-refractivity contribution >= 4 is 29.3 Å². The third kappa shape index (κ3) is 4.24. The summed E-state index contributed by atoms with van der Waals surface area (Å²) in [5.74, 6) is -0.798. The average molecular weight is 404 g/mol. The standard InChI is InChI=1S/C16H20Cl2FN5O2/c1-8(23(5)15(25)26-16(2,3)4)12-13(22-24(6)21-12)10-9(17)7-20-14(18)11(10)19/h7-8H,1-6H3. The maximum Gasteiger partial charge on any atom is 0.410 e. The van der Waals surface area contributed by atoms with Gasteiger partial charge in [-0.25, -0.2) is 14.2 Å². The summed E-state index contributed by atoms with van der Waals surface area (Å²) >= 11 is 11.9. The van der Waals surface area contributed by atoms with Crippen LogP contribution in [0.1, 0.15) is 39.4 Å². The van der Waals surface area contributed by atoms with Gasteiger partial charge in [0.1, 0.15) is 17.0 Å². The molecule has 1 unspecified atom stereocenters. The number of hydrogen-bond acceptors (Lipinski definition) is 5. The van der Waals surface area contributed by atoms with Crippen LogP contribution in [-0.2, 0) is 11.8 Å². The van der Waals surface area contributed by atoms with Gasteiger partial charge in [0.05, 0.1) is 16.6 Å². The maximum absolute atomic E-state index is 14.5. The van der Waals surface area contributed by atoms with Gasteiger partial charge in [-0.15, -0.1) is 0 Å². The van der Waals surface area contributed by atoms with E-state index >= 15 is 0 Å². The minimum Gasteiger partial charge on any atom is -0.444 e. The maximum atomic E-state index is 14.5. The van der Waals surface area contributed by atoms with Gasteiger partial charge < -0.3 is 9.64 Å². The Morgan fingerprint density at radius 1 is 1.35 bits per heavy atom. The van der Waals surface area contributed by atoms with Crippen LogP contribution >= 0.6 is 23.2 Å². The number of aryl methyl sites for hydroxylation is 1. The molecule has 2 aromatic heterocycles. The van der Waals surface area contributed by atoms with Gasteiger partial charge in [0.15, 0.2) is 11.0 Å². The first-order valence-corrected chi connectivity index (χ1v) is 8.55. The summed E-state index contributed by atoms with van der Waals surface area (Å²) in [6.07, 6.45) is 0.698. The molecule has 2 aromatic rings. The van der Waals surface area contributed by atoms with E-state index in [1.54, 1.807) is 41.8 Å². The van der Waals surface area contributed by atoms with Crippen LogP contribution in [0.15, 0.2) is 6.20 Å². The van der Waals surface area contributed by atoms with Crippen molar-refractivity contribution in [3.8, 4) is 11.3 Å². The number of rotatable bonds is 3. The van der Waals surface area contributed by atoms with E-state index in [-0.39, 0.29) is 21.4 Å². The van der Waals surface area contributed by atoms with Gasteiger partial charge in [-0.05, 0) is 27.7 Å². The number of aromatic nitrogens is 4. The van der Waals surface area contributed by atoms with Crippen LogP contribution in [-0.4, -0.2) is 43.6 Å². The highest BCUT2D eigenvalue weighted by molar-refractivity contribution is 6.34. The van der Waals surface area contributed by atoms with Crippen molar-refractivity contribution in [2.24, 2.45) is 7.05 Å². The summed E-state index contributed by atoms with van der Waals surface area (Å²) in [5, 5.41) is 8.18. The van der Waals surface area contributed by atoms with Crippen molar-refractivity contribution < 1.29 is 13.9 Å². The van der Waals surface area contributed by atoms with Gasteiger partial charge in [0.25, 0.3) is 0 Å². The zero-order chi connectivity index (χ0) is 19.8. The molecule has 142 valence electrons. The monoisotopic (exact) mass is 403 g/mol. The topological polar surface area (TPSA) is 73.1 Å². The molecule has 1 amide bonds. The zero-order valence-electron chi connectivity index (χ0n) is 15.3. The molecule has 0 saturated carbocycles. The van der Waals surface area contributed by atoms with Crippen LogP contribution in [0.2, 0.25) is 10.2 Å². The quantitative estimate of drug-likeness (QED) is 0.716. The highest BCUT2D eigenvalue weighted by atomic mass is 35.5. The zero-order valence-corrected chi connectivity index (χ0v) is 16.9. The second kappa shape index (κ2) is 7.36. The van der Waals surface area contributed by atoms with Crippen LogP contribution in [0.5, 0.6) is 0 Å². The minimum absolute atomic E-state index is 0.0146. The number of hydrogen-bond donors (Lipinski definition) is 0. The fourth-order valence-corrected chi connectivity index (χ4v) is 2.58. The van der Waals surface area contributed by atoms with Crippen LogP contribution < -0.4 is 0 Å².